The normalized spacial score (nSPS) is 16.3. The molecule has 6 heteroatoms. The fourth-order valence-electron chi connectivity index (χ4n) is 3.84. The first kappa shape index (κ1) is 22.9. The number of nitrogens with zero attached hydrogens (tertiary/aromatic N) is 1. The zero-order chi connectivity index (χ0) is 22.4. The van der Waals surface area contributed by atoms with E-state index >= 15 is 0 Å². The number of methoxy groups -OCH3 is 2. The summed E-state index contributed by atoms with van der Waals surface area (Å²) in [5.41, 5.74) is 2.95. The summed E-state index contributed by atoms with van der Waals surface area (Å²) in [6.45, 7) is 7.87. The van der Waals surface area contributed by atoms with Crippen LogP contribution in [-0.2, 0) is 17.9 Å². The Kier molecular flexibility index (Phi) is 7.44. The minimum absolute atomic E-state index is 0.0310. The molecule has 168 valence electrons. The molecule has 1 aliphatic rings. The number of carbonyl (C=O) groups excluding carboxylic acids is 1. The van der Waals surface area contributed by atoms with Crippen LogP contribution in [0.3, 0.4) is 0 Å². The van der Waals surface area contributed by atoms with Crippen LogP contribution in [-0.4, -0.2) is 37.3 Å². The van der Waals surface area contributed by atoms with E-state index in [1.54, 1.807) is 14.2 Å². The number of amides is 2. The second-order valence-electron chi connectivity index (χ2n) is 8.84. The highest BCUT2D eigenvalue weighted by molar-refractivity contribution is 5.75. The molecule has 2 amide bonds. The first-order chi connectivity index (χ1) is 14.8. The van der Waals surface area contributed by atoms with Crippen molar-refractivity contribution in [3.8, 4) is 11.5 Å². The van der Waals surface area contributed by atoms with Crippen LogP contribution in [0.1, 0.15) is 56.3 Å². The average molecular weight is 427 g/mol. The number of nitrogens with one attached hydrogen (secondary N) is 1. The van der Waals surface area contributed by atoms with Crippen molar-refractivity contribution in [1.82, 2.24) is 10.2 Å². The Bertz CT molecular complexity index is 891. The second kappa shape index (κ2) is 10.1. The average Bonchev–Trinajstić information content (AvgIpc) is 3.25. The molecular formula is C25H34N2O4. The van der Waals surface area contributed by atoms with Crippen LogP contribution >= 0.6 is 0 Å². The maximum absolute atomic E-state index is 13.0. The zero-order valence-corrected chi connectivity index (χ0v) is 19.2. The molecule has 31 heavy (non-hydrogen) atoms. The van der Waals surface area contributed by atoms with Gasteiger partial charge in [0, 0.05) is 18.7 Å². The summed E-state index contributed by atoms with van der Waals surface area (Å²) in [5, 5.41) is 3.08. The highest BCUT2D eigenvalue weighted by Crippen LogP contribution is 2.38. The van der Waals surface area contributed by atoms with E-state index in [1.807, 2.05) is 62.1 Å². The smallest absolute Gasteiger partial charge is 0.318 e. The van der Waals surface area contributed by atoms with E-state index in [4.69, 9.17) is 14.2 Å². The molecule has 0 spiro atoms. The minimum atomic E-state index is -0.184. The van der Waals surface area contributed by atoms with Crippen LogP contribution < -0.4 is 14.8 Å². The van der Waals surface area contributed by atoms with Crippen LogP contribution in [0, 0.1) is 0 Å². The first-order valence-corrected chi connectivity index (χ1v) is 10.8. The van der Waals surface area contributed by atoms with Crippen LogP contribution in [0.2, 0.25) is 0 Å². The predicted octanol–water partition coefficient (Wildman–Crippen LogP) is 5.07. The van der Waals surface area contributed by atoms with Gasteiger partial charge in [0.25, 0.3) is 0 Å². The van der Waals surface area contributed by atoms with Crippen molar-refractivity contribution in [1.29, 1.82) is 0 Å². The second-order valence-corrected chi connectivity index (χ2v) is 8.84. The molecule has 1 fully saturated rings. The van der Waals surface area contributed by atoms with Gasteiger partial charge in [-0.25, -0.2) is 4.79 Å². The molecule has 0 bridgehead atoms. The summed E-state index contributed by atoms with van der Waals surface area (Å²) >= 11 is 0. The summed E-state index contributed by atoms with van der Waals surface area (Å²) in [7, 11) is 3.30. The number of carbonyl (C=O) groups is 1. The Labute approximate surface area is 185 Å². The Balaban J connectivity index is 1.66. The van der Waals surface area contributed by atoms with E-state index in [9.17, 15) is 4.79 Å². The van der Waals surface area contributed by atoms with Crippen LogP contribution in [0.4, 0.5) is 4.79 Å². The Hall–Kier alpha value is -2.73. The van der Waals surface area contributed by atoms with E-state index in [1.165, 1.54) is 0 Å². The standard InChI is InChI=1S/C25H34N2O4/c1-25(2,3)31-17-19-9-6-8-18(14-19)16-26-24(28)27-13-7-10-22(27)21-15-20(29-4)11-12-23(21)30-5/h6,8-9,11-12,14-15,22H,7,10,13,16-17H2,1-5H3,(H,26,28). The van der Waals surface area contributed by atoms with Gasteiger partial charge in [-0.3, -0.25) is 0 Å². The van der Waals surface area contributed by atoms with Crippen molar-refractivity contribution in [2.24, 2.45) is 0 Å². The van der Waals surface area contributed by atoms with Gasteiger partial charge in [0.2, 0.25) is 0 Å². The van der Waals surface area contributed by atoms with Gasteiger partial charge in [0.05, 0.1) is 32.5 Å². The van der Waals surface area contributed by atoms with Gasteiger partial charge in [-0.05, 0) is 62.9 Å². The van der Waals surface area contributed by atoms with Gasteiger partial charge in [0.15, 0.2) is 0 Å². The van der Waals surface area contributed by atoms with Crippen molar-refractivity contribution >= 4 is 6.03 Å². The molecule has 0 aromatic heterocycles. The van der Waals surface area contributed by atoms with E-state index in [2.05, 4.69) is 11.4 Å². The minimum Gasteiger partial charge on any atom is -0.497 e. The van der Waals surface area contributed by atoms with Crippen LogP contribution in [0.25, 0.3) is 0 Å². The molecule has 2 aromatic rings. The van der Waals surface area contributed by atoms with Gasteiger partial charge in [0.1, 0.15) is 11.5 Å². The maximum Gasteiger partial charge on any atom is 0.318 e. The molecule has 1 heterocycles. The maximum atomic E-state index is 13.0. The third-order valence-corrected chi connectivity index (χ3v) is 5.42. The molecule has 1 aliphatic heterocycles. The fourth-order valence-corrected chi connectivity index (χ4v) is 3.84. The largest absolute Gasteiger partial charge is 0.497 e. The summed E-state index contributed by atoms with van der Waals surface area (Å²) in [6, 6.07) is 13.8. The van der Waals surface area contributed by atoms with E-state index in [0.29, 0.717) is 13.2 Å². The molecule has 0 radical (unpaired) electrons. The molecule has 2 aromatic carbocycles. The summed E-state index contributed by atoms with van der Waals surface area (Å²) in [5.74, 6) is 1.54. The summed E-state index contributed by atoms with van der Waals surface area (Å²) in [4.78, 5) is 14.9. The van der Waals surface area contributed by atoms with Crippen LogP contribution in [0.5, 0.6) is 11.5 Å². The van der Waals surface area contributed by atoms with Gasteiger partial charge in [-0.1, -0.05) is 24.3 Å². The Morgan fingerprint density at radius 3 is 2.58 bits per heavy atom. The number of rotatable bonds is 7. The first-order valence-electron chi connectivity index (χ1n) is 10.8. The van der Waals surface area contributed by atoms with Gasteiger partial charge in [-0.15, -0.1) is 0 Å². The van der Waals surface area contributed by atoms with Gasteiger partial charge >= 0.3 is 6.03 Å². The number of urea groups is 1. The molecule has 1 N–H and O–H groups in total. The van der Waals surface area contributed by atoms with Crippen LogP contribution in [0.15, 0.2) is 42.5 Å². The van der Waals surface area contributed by atoms with Gasteiger partial charge in [-0.2, -0.15) is 0 Å². The molecular weight excluding hydrogens is 392 g/mol. The lowest BCUT2D eigenvalue weighted by Gasteiger charge is -2.27. The SMILES string of the molecule is COc1ccc(OC)c(C2CCCN2C(=O)NCc2cccc(COC(C)(C)C)c2)c1. The lowest BCUT2D eigenvalue weighted by atomic mass is 10.0. The van der Waals surface area contributed by atoms with Crippen molar-refractivity contribution in [3.63, 3.8) is 0 Å². The van der Waals surface area contributed by atoms with Gasteiger partial charge < -0.3 is 24.4 Å². The fraction of sp³-hybridized carbons (Fsp3) is 0.480. The Morgan fingerprint density at radius 1 is 1.10 bits per heavy atom. The van der Waals surface area contributed by atoms with E-state index in [0.717, 1.165) is 47.6 Å². The quantitative estimate of drug-likeness (QED) is 0.672. The third-order valence-electron chi connectivity index (χ3n) is 5.42. The number of ether oxygens (including phenoxy) is 3. The number of hydrogen-bond donors (Lipinski definition) is 1. The molecule has 6 nitrogen and oxygen atoms in total. The van der Waals surface area contributed by atoms with Crippen molar-refractivity contribution in [2.75, 3.05) is 20.8 Å². The lowest BCUT2D eigenvalue weighted by molar-refractivity contribution is -0.0149. The number of hydrogen-bond acceptors (Lipinski definition) is 4. The summed E-state index contributed by atoms with van der Waals surface area (Å²) in [6.07, 6.45) is 1.86. The third kappa shape index (κ3) is 6.14. The topological polar surface area (TPSA) is 60.0 Å². The van der Waals surface area contributed by atoms with Crippen molar-refractivity contribution < 1.29 is 19.0 Å². The number of likely N-dealkylation sites (tertiary alicyclic amines) is 1. The molecule has 1 saturated heterocycles. The van der Waals surface area contributed by atoms with Crippen molar-refractivity contribution in [2.45, 2.75) is 58.4 Å². The summed E-state index contributed by atoms with van der Waals surface area (Å²) < 4.78 is 16.8. The predicted molar refractivity (Wildman–Crippen MR) is 121 cm³/mol. The molecule has 3 rings (SSSR count). The Morgan fingerprint density at radius 2 is 1.87 bits per heavy atom. The van der Waals surface area contributed by atoms with E-state index in [-0.39, 0.29) is 17.7 Å². The molecule has 1 atom stereocenters. The van der Waals surface area contributed by atoms with E-state index < -0.39 is 0 Å². The van der Waals surface area contributed by atoms with Crippen molar-refractivity contribution in [3.05, 3.63) is 59.2 Å². The molecule has 1 unspecified atom stereocenters. The lowest BCUT2D eigenvalue weighted by Crippen LogP contribution is -2.39. The zero-order valence-electron chi connectivity index (χ0n) is 19.2. The monoisotopic (exact) mass is 426 g/mol. The number of benzene rings is 2. The highest BCUT2D eigenvalue weighted by Gasteiger charge is 2.32. The molecule has 0 aliphatic carbocycles. The highest BCUT2D eigenvalue weighted by atomic mass is 16.5. The molecule has 0 saturated carbocycles.